The molecule has 3 heteroatoms. The van der Waals surface area contributed by atoms with Gasteiger partial charge in [-0.25, -0.2) is 0 Å². The van der Waals surface area contributed by atoms with Crippen LogP contribution in [-0.2, 0) is 11.2 Å². The highest BCUT2D eigenvalue weighted by Gasteiger charge is 2.36. The zero-order valence-corrected chi connectivity index (χ0v) is 13.0. The van der Waals surface area contributed by atoms with Gasteiger partial charge in [-0.05, 0) is 49.7 Å². The molecule has 0 aromatic heterocycles. The lowest BCUT2D eigenvalue weighted by Gasteiger charge is -2.35. The van der Waals surface area contributed by atoms with E-state index in [1.807, 2.05) is 31.2 Å². The van der Waals surface area contributed by atoms with Gasteiger partial charge in [0.15, 0.2) is 0 Å². The molecule has 1 aromatic carbocycles. The molecule has 0 saturated heterocycles. The molecule has 1 aromatic rings. The summed E-state index contributed by atoms with van der Waals surface area (Å²) in [6, 6.07) is 10.3. The van der Waals surface area contributed by atoms with Crippen molar-refractivity contribution in [2.45, 2.75) is 57.9 Å². The highest BCUT2D eigenvalue weighted by molar-refractivity contribution is 5.80. The number of carbonyl (C=O) groups is 1. The van der Waals surface area contributed by atoms with Crippen LogP contribution < -0.4 is 5.32 Å². The predicted molar refractivity (Wildman–Crippen MR) is 83.6 cm³/mol. The molecule has 1 aliphatic carbocycles. The van der Waals surface area contributed by atoms with Crippen LogP contribution in [0.1, 0.15) is 50.2 Å². The van der Waals surface area contributed by atoms with E-state index in [2.05, 4.69) is 18.3 Å². The van der Waals surface area contributed by atoms with Gasteiger partial charge in [-0.1, -0.05) is 37.6 Å². The Morgan fingerprint density at radius 1 is 1.38 bits per heavy atom. The smallest absolute Gasteiger partial charge is 0.225 e. The third kappa shape index (κ3) is 3.85. The van der Waals surface area contributed by atoms with Crippen molar-refractivity contribution in [3.8, 4) is 6.07 Å². The molecule has 0 radical (unpaired) electrons. The molecule has 1 aliphatic rings. The first-order valence-electron chi connectivity index (χ1n) is 7.85. The van der Waals surface area contributed by atoms with E-state index < -0.39 is 5.54 Å². The highest BCUT2D eigenvalue weighted by Crippen LogP contribution is 2.33. The quantitative estimate of drug-likeness (QED) is 0.919. The number of nitriles is 1. The molecule has 1 saturated carbocycles. The van der Waals surface area contributed by atoms with Gasteiger partial charge in [-0.15, -0.1) is 0 Å². The third-order valence-corrected chi connectivity index (χ3v) is 4.74. The van der Waals surface area contributed by atoms with E-state index in [4.69, 9.17) is 0 Å². The van der Waals surface area contributed by atoms with Crippen molar-refractivity contribution in [3.05, 3.63) is 35.4 Å². The van der Waals surface area contributed by atoms with Crippen molar-refractivity contribution in [1.82, 2.24) is 5.32 Å². The second kappa shape index (κ2) is 6.76. The molecule has 0 atom stereocenters. The van der Waals surface area contributed by atoms with Crippen LogP contribution >= 0.6 is 0 Å². The standard InChI is InChI=1S/C18H24N2O/c1-3-15-8-10-18(13-19,11-9-15)20-17(21)12-16-7-5-4-6-14(16)2/h4-7,15H,3,8-12H2,1-2H3,(H,20,21). The minimum Gasteiger partial charge on any atom is -0.338 e. The fraction of sp³-hybridized carbons (Fsp3) is 0.556. The molecule has 3 nitrogen and oxygen atoms in total. The van der Waals surface area contributed by atoms with E-state index in [1.54, 1.807) is 0 Å². The number of amides is 1. The molecule has 0 spiro atoms. The van der Waals surface area contributed by atoms with Gasteiger partial charge in [-0.2, -0.15) is 5.26 Å². The molecule has 1 N–H and O–H groups in total. The van der Waals surface area contributed by atoms with E-state index >= 15 is 0 Å². The fourth-order valence-electron chi connectivity index (χ4n) is 3.14. The normalized spacial score (nSPS) is 25.1. The molecule has 0 bridgehead atoms. The number of benzene rings is 1. The van der Waals surface area contributed by atoms with Crippen LogP contribution in [0, 0.1) is 24.2 Å². The van der Waals surface area contributed by atoms with Gasteiger partial charge in [0.1, 0.15) is 5.54 Å². The molecular weight excluding hydrogens is 260 g/mol. The first-order valence-corrected chi connectivity index (χ1v) is 7.85. The maximum absolute atomic E-state index is 12.3. The lowest BCUT2D eigenvalue weighted by Crippen LogP contribution is -2.50. The van der Waals surface area contributed by atoms with Crippen LogP contribution in [-0.4, -0.2) is 11.4 Å². The minimum atomic E-state index is -0.647. The Hall–Kier alpha value is -1.82. The van der Waals surface area contributed by atoms with E-state index in [0.29, 0.717) is 12.3 Å². The van der Waals surface area contributed by atoms with Crippen molar-refractivity contribution in [3.63, 3.8) is 0 Å². The summed E-state index contributed by atoms with van der Waals surface area (Å²) in [6.07, 6.45) is 5.15. The van der Waals surface area contributed by atoms with Gasteiger partial charge in [0, 0.05) is 0 Å². The maximum Gasteiger partial charge on any atom is 0.225 e. The van der Waals surface area contributed by atoms with Crippen LogP contribution in [0.4, 0.5) is 0 Å². The van der Waals surface area contributed by atoms with E-state index in [9.17, 15) is 10.1 Å². The summed E-state index contributed by atoms with van der Waals surface area (Å²) in [5, 5.41) is 12.5. The lowest BCUT2D eigenvalue weighted by molar-refractivity contribution is -0.122. The molecule has 0 aliphatic heterocycles. The van der Waals surface area contributed by atoms with Crippen molar-refractivity contribution >= 4 is 5.91 Å². The van der Waals surface area contributed by atoms with Crippen molar-refractivity contribution in [1.29, 1.82) is 5.26 Å². The zero-order chi connectivity index (χ0) is 15.3. The van der Waals surface area contributed by atoms with Gasteiger partial charge in [0.05, 0.1) is 12.5 Å². The highest BCUT2D eigenvalue weighted by atomic mass is 16.1. The van der Waals surface area contributed by atoms with Crippen LogP contribution in [0.15, 0.2) is 24.3 Å². The Morgan fingerprint density at radius 2 is 2.05 bits per heavy atom. The summed E-state index contributed by atoms with van der Waals surface area (Å²) < 4.78 is 0. The average molecular weight is 284 g/mol. The van der Waals surface area contributed by atoms with Crippen LogP contribution in [0.3, 0.4) is 0 Å². The first-order chi connectivity index (χ1) is 10.1. The number of hydrogen-bond acceptors (Lipinski definition) is 2. The molecule has 1 amide bonds. The predicted octanol–water partition coefficient (Wildman–Crippen LogP) is 3.52. The molecule has 1 fully saturated rings. The zero-order valence-electron chi connectivity index (χ0n) is 13.0. The van der Waals surface area contributed by atoms with Gasteiger partial charge in [-0.3, -0.25) is 4.79 Å². The second-order valence-electron chi connectivity index (χ2n) is 6.20. The van der Waals surface area contributed by atoms with Crippen molar-refractivity contribution in [2.75, 3.05) is 0 Å². The van der Waals surface area contributed by atoms with Crippen LogP contribution in [0.5, 0.6) is 0 Å². The first kappa shape index (κ1) is 15.6. The number of rotatable bonds is 4. The number of nitrogens with zero attached hydrogens (tertiary/aromatic N) is 1. The lowest BCUT2D eigenvalue weighted by atomic mass is 9.76. The third-order valence-electron chi connectivity index (χ3n) is 4.74. The SMILES string of the molecule is CCC1CCC(C#N)(NC(=O)Cc2ccccc2C)CC1. The fourth-order valence-corrected chi connectivity index (χ4v) is 3.14. The summed E-state index contributed by atoms with van der Waals surface area (Å²) in [5.41, 5.74) is 1.50. The molecule has 2 rings (SSSR count). The number of hydrogen-bond donors (Lipinski definition) is 1. The van der Waals surface area contributed by atoms with Crippen LogP contribution in [0.2, 0.25) is 0 Å². The molecule has 0 unspecified atom stereocenters. The largest absolute Gasteiger partial charge is 0.338 e. The van der Waals surface area contributed by atoms with Gasteiger partial charge < -0.3 is 5.32 Å². The summed E-state index contributed by atoms with van der Waals surface area (Å²) in [6.45, 7) is 4.20. The summed E-state index contributed by atoms with van der Waals surface area (Å²) >= 11 is 0. The Bertz CT molecular complexity index is 536. The van der Waals surface area contributed by atoms with Crippen LogP contribution in [0.25, 0.3) is 0 Å². The average Bonchev–Trinajstić information content (AvgIpc) is 2.50. The molecule has 0 heterocycles. The molecular formula is C18H24N2O. The van der Waals surface area contributed by atoms with E-state index in [0.717, 1.165) is 36.8 Å². The van der Waals surface area contributed by atoms with Gasteiger partial charge in [0.25, 0.3) is 0 Å². The summed E-state index contributed by atoms with van der Waals surface area (Å²) in [4.78, 5) is 12.3. The Labute approximate surface area is 127 Å². The van der Waals surface area contributed by atoms with E-state index in [1.165, 1.54) is 6.42 Å². The van der Waals surface area contributed by atoms with Crippen molar-refractivity contribution in [2.24, 2.45) is 5.92 Å². The van der Waals surface area contributed by atoms with E-state index in [-0.39, 0.29) is 5.91 Å². The number of nitrogens with one attached hydrogen (secondary N) is 1. The number of aryl methyl sites for hydroxylation is 1. The number of carbonyl (C=O) groups excluding carboxylic acids is 1. The van der Waals surface area contributed by atoms with Crippen molar-refractivity contribution < 1.29 is 4.79 Å². The Morgan fingerprint density at radius 3 is 2.62 bits per heavy atom. The Kier molecular flexibility index (Phi) is 5.01. The van der Waals surface area contributed by atoms with Gasteiger partial charge in [0.2, 0.25) is 5.91 Å². The summed E-state index contributed by atoms with van der Waals surface area (Å²) in [5.74, 6) is 0.667. The monoisotopic (exact) mass is 284 g/mol. The summed E-state index contributed by atoms with van der Waals surface area (Å²) in [7, 11) is 0. The minimum absolute atomic E-state index is 0.0409. The maximum atomic E-state index is 12.3. The molecule has 112 valence electrons. The topological polar surface area (TPSA) is 52.9 Å². The molecule has 21 heavy (non-hydrogen) atoms. The second-order valence-corrected chi connectivity index (χ2v) is 6.20. The Balaban J connectivity index is 1.98. The van der Waals surface area contributed by atoms with Gasteiger partial charge >= 0.3 is 0 Å².